The van der Waals surface area contributed by atoms with Crippen LogP contribution in [0.15, 0.2) is 0 Å². The summed E-state index contributed by atoms with van der Waals surface area (Å²) >= 11 is 0. The summed E-state index contributed by atoms with van der Waals surface area (Å²) in [5.41, 5.74) is 10.5. The molecule has 0 saturated carbocycles. The summed E-state index contributed by atoms with van der Waals surface area (Å²) in [7, 11) is 0. The van der Waals surface area contributed by atoms with E-state index in [0.29, 0.717) is 6.42 Å². The molecular formula is C5H12N2O3. The van der Waals surface area contributed by atoms with Gasteiger partial charge in [0, 0.05) is 0 Å². The minimum atomic E-state index is -1.59. The summed E-state index contributed by atoms with van der Waals surface area (Å²) in [5, 5.41) is 18.1. The fraction of sp³-hybridized carbons (Fsp3) is 1.00. The Morgan fingerprint density at radius 2 is 2.00 bits per heavy atom. The highest BCUT2D eigenvalue weighted by atomic mass is 16.5. The van der Waals surface area contributed by atoms with Crippen LogP contribution in [0, 0.1) is 0 Å². The van der Waals surface area contributed by atoms with Gasteiger partial charge in [0.05, 0.1) is 12.7 Å². The van der Waals surface area contributed by atoms with Crippen molar-refractivity contribution >= 4 is 0 Å². The molecule has 0 amide bonds. The van der Waals surface area contributed by atoms with Gasteiger partial charge < -0.3 is 14.9 Å². The summed E-state index contributed by atoms with van der Waals surface area (Å²) in [6.45, 7) is 0.283. The molecule has 1 aliphatic rings. The lowest BCUT2D eigenvalue weighted by Gasteiger charge is -2.37. The molecule has 1 rings (SSSR count). The number of nitrogens with two attached hydrogens (primary N) is 2. The number of aliphatic hydroxyl groups excluding tert-OH is 2. The van der Waals surface area contributed by atoms with Crippen LogP contribution in [0.4, 0.5) is 0 Å². The average Bonchev–Trinajstić information content (AvgIpc) is 1.83. The molecule has 0 aromatic rings. The van der Waals surface area contributed by atoms with E-state index in [1.807, 2.05) is 0 Å². The molecule has 1 aliphatic heterocycles. The fourth-order valence-electron chi connectivity index (χ4n) is 0.900. The van der Waals surface area contributed by atoms with E-state index in [9.17, 15) is 0 Å². The number of aliphatic hydroxyl groups is 2. The Bertz CT molecular complexity index is 128. The van der Waals surface area contributed by atoms with Gasteiger partial charge in [0.15, 0.2) is 5.85 Å². The van der Waals surface area contributed by atoms with Crippen molar-refractivity contribution in [2.75, 3.05) is 6.61 Å². The zero-order chi connectivity index (χ0) is 7.78. The predicted molar refractivity (Wildman–Crippen MR) is 33.7 cm³/mol. The van der Waals surface area contributed by atoms with Crippen molar-refractivity contribution < 1.29 is 14.9 Å². The molecule has 6 N–H and O–H groups in total. The molecule has 0 aliphatic carbocycles. The Morgan fingerprint density at radius 1 is 1.40 bits per heavy atom. The van der Waals surface area contributed by atoms with E-state index in [2.05, 4.69) is 0 Å². The molecule has 0 bridgehead atoms. The van der Waals surface area contributed by atoms with Crippen LogP contribution in [0.5, 0.6) is 0 Å². The molecule has 0 spiro atoms. The lowest BCUT2D eigenvalue weighted by molar-refractivity contribution is -0.192. The Morgan fingerprint density at radius 3 is 2.40 bits per heavy atom. The number of rotatable bonds is 0. The molecule has 2 unspecified atom stereocenters. The van der Waals surface area contributed by atoms with Crippen molar-refractivity contribution in [3.63, 3.8) is 0 Å². The SMILES string of the molecule is NC1(N)OCCC(O)C1O. The molecule has 0 radical (unpaired) electrons. The molecule has 0 aromatic carbocycles. The molecule has 2 atom stereocenters. The maximum Gasteiger partial charge on any atom is 0.199 e. The zero-order valence-electron chi connectivity index (χ0n) is 5.53. The fourth-order valence-corrected chi connectivity index (χ4v) is 0.900. The number of hydrogen-bond acceptors (Lipinski definition) is 5. The Labute approximate surface area is 58.6 Å². The highest BCUT2D eigenvalue weighted by Gasteiger charge is 2.39. The van der Waals surface area contributed by atoms with Gasteiger partial charge in [-0.05, 0) is 6.42 Å². The third-order valence-corrected chi connectivity index (χ3v) is 1.59. The predicted octanol–water partition coefficient (Wildman–Crippen LogP) is -2.30. The van der Waals surface area contributed by atoms with Crippen LogP contribution in [0.1, 0.15) is 6.42 Å². The topological polar surface area (TPSA) is 102 Å². The minimum Gasteiger partial charge on any atom is -0.390 e. The Kier molecular flexibility index (Phi) is 1.93. The lowest BCUT2D eigenvalue weighted by Crippen LogP contribution is -2.67. The maximum atomic E-state index is 9.08. The van der Waals surface area contributed by atoms with E-state index in [4.69, 9.17) is 26.4 Å². The second kappa shape index (κ2) is 2.44. The van der Waals surface area contributed by atoms with E-state index >= 15 is 0 Å². The highest BCUT2D eigenvalue weighted by molar-refractivity contribution is 4.85. The van der Waals surface area contributed by atoms with Crippen molar-refractivity contribution in [1.82, 2.24) is 0 Å². The van der Waals surface area contributed by atoms with Crippen molar-refractivity contribution in [3.05, 3.63) is 0 Å². The smallest absolute Gasteiger partial charge is 0.199 e. The van der Waals surface area contributed by atoms with E-state index in [1.165, 1.54) is 0 Å². The molecule has 1 heterocycles. The van der Waals surface area contributed by atoms with Crippen molar-refractivity contribution in [2.24, 2.45) is 11.5 Å². The van der Waals surface area contributed by atoms with E-state index in [1.54, 1.807) is 0 Å². The maximum absolute atomic E-state index is 9.08. The normalized spacial score (nSPS) is 39.6. The first kappa shape index (κ1) is 7.90. The van der Waals surface area contributed by atoms with Gasteiger partial charge in [-0.3, -0.25) is 11.5 Å². The van der Waals surface area contributed by atoms with Crippen LogP contribution >= 0.6 is 0 Å². The second-order valence-corrected chi connectivity index (χ2v) is 2.50. The van der Waals surface area contributed by atoms with Gasteiger partial charge >= 0.3 is 0 Å². The van der Waals surface area contributed by atoms with Gasteiger partial charge in [-0.25, -0.2) is 0 Å². The third kappa shape index (κ3) is 1.28. The lowest BCUT2D eigenvalue weighted by atomic mass is 10.0. The largest absolute Gasteiger partial charge is 0.390 e. The molecule has 5 heteroatoms. The van der Waals surface area contributed by atoms with Crippen LogP contribution in [0.3, 0.4) is 0 Å². The van der Waals surface area contributed by atoms with Gasteiger partial charge in [-0.1, -0.05) is 0 Å². The van der Waals surface area contributed by atoms with Gasteiger partial charge in [0.2, 0.25) is 0 Å². The third-order valence-electron chi connectivity index (χ3n) is 1.59. The molecule has 1 fully saturated rings. The van der Waals surface area contributed by atoms with Crippen LogP contribution in [0.25, 0.3) is 0 Å². The van der Waals surface area contributed by atoms with Gasteiger partial charge in [-0.2, -0.15) is 0 Å². The van der Waals surface area contributed by atoms with Gasteiger partial charge in [-0.15, -0.1) is 0 Å². The molecule has 0 aromatic heterocycles. The number of hydrogen-bond donors (Lipinski definition) is 4. The van der Waals surface area contributed by atoms with E-state index in [0.717, 1.165) is 0 Å². The second-order valence-electron chi connectivity index (χ2n) is 2.50. The molecule has 60 valence electrons. The van der Waals surface area contributed by atoms with Gasteiger partial charge in [0.25, 0.3) is 0 Å². The Balaban J connectivity index is 2.60. The molecule has 10 heavy (non-hydrogen) atoms. The van der Waals surface area contributed by atoms with Crippen LogP contribution < -0.4 is 11.5 Å². The molecule has 5 nitrogen and oxygen atoms in total. The summed E-state index contributed by atoms with van der Waals surface area (Å²) < 4.78 is 4.79. The highest BCUT2D eigenvalue weighted by Crippen LogP contribution is 2.15. The van der Waals surface area contributed by atoms with Crippen molar-refractivity contribution in [2.45, 2.75) is 24.5 Å². The zero-order valence-corrected chi connectivity index (χ0v) is 5.53. The first-order valence-electron chi connectivity index (χ1n) is 3.12. The first-order valence-corrected chi connectivity index (χ1v) is 3.12. The summed E-state index contributed by atoms with van der Waals surface area (Å²) in [4.78, 5) is 0. The minimum absolute atomic E-state index is 0.283. The summed E-state index contributed by atoms with van der Waals surface area (Å²) in [6, 6.07) is 0. The average molecular weight is 148 g/mol. The monoisotopic (exact) mass is 148 g/mol. The van der Waals surface area contributed by atoms with Crippen molar-refractivity contribution in [1.29, 1.82) is 0 Å². The van der Waals surface area contributed by atoms with E-state index in [-0.39, 0.29) is 6.61 Å². The first-order chi connectivity index (χ1) is 4.54. The van der Waals surface area contributed by atoms with Gasteiger partial charge in [0.1, 0.15) is 6.10 Å². The molecule has 1 saturated heterocycles. The van der Waals surface area contributed by atoms with Crippen molar-refractivity contribution in [3.8, 4) is 0 Å². The quantitative estimate of drug-likeness (QED) is 0.289. The molecular weight excluding hydrogens is 136 g/mol. The van der Waals surface area contributed by atoms with E-state index < -0.39 is 18.1 Å². The van der Waals surface area contributed by atoms with Crippen LogP contribution in [-0.2, 0) is 4.74 Å². The number of ether oxygens (including phenoxy) is 1. The van der Waals surface area contributed by atoms with Crippen LogP contribution in [-0.4, -0.2) is 34.9 Å². The Hall–Kier alpha value is -0.200. The summed E-state index contributed by atoms with van der Waals surface area (Å²) in [5.74, 6) is -1.59. The van der Waals surface area contributed by atoms with Crippen LogP contribution in [0.2, 0.25) is 0 Å². The summed E-state index contributed by atoms with van der Waals surface area (Å²) in [6.07, 6.45) is -1.69. The standard InChI is InChI=1S/C5H12N2O3/c6-5(7)4(9)3(8)1-2-10-5/h3-4,8-9H,1-2,6-7H2.